The number of ether oxygens (including phenoxy) is 1. The number of furan rings is 1. The Kier molecular flexibility index (Phi) is 3.78. The molecule has 4 rings (SSSR count). The van der Waals surface area contributed by atoms with E-state index in [2.05, 4.69) is 15.3 Å². The topological polar surface area (TPSA) is 79.8 Å². The zero-order chi connectivity index (χ0) is 17.2. The number of pyridine rings is 2. The molecule has 0 atom stereocenters. The molecule has 6 nitrogen and oxygen atoms in total. The number of benzene rings is 1. The van der Waals surface area contributed by atoms with Crippen LogP contribution in [0.15, 0.2) is 59.1 Å². The number of H-pyrrole nitrogens is 2. The van der Waals surface area contributed by atoms with E-state index >= 15 is 0 Å². The molecule has 0 radical (unpaired) electrons. The number of aromatic amines is 2. The van der Waals surface area contributed by atoms with Crippen LogP contribution in [0.5, 0.6) is 5.75 Å². The van der Waals surface area contributed by atoms with Crippen molar-refractivity contribution in [3.05, 3.63) is 66.2 Å². The number of methoxy groups -OCH3 is 1. The summed E-state index contributed by atoms with van der Waals surface area (Å²) in [6.45, 7) is 0.402. The summed E-state index contributed by atoms with van der Waals surface area (Å²) in [6.07, 6.45) is 1.82. The van der Waals surface area contributed by atoms with Crippen LogP contribution in [-0.4, -0.2) is 13.0 Å². The normalized spacial score (nSPS) is 10.9. The summed E-state index contributed by atoms with van der Waals surface area (Å²) in [5.41, 5.74) is 2.35. The van der Waals surface area contributed by atoms with Crippen LogP contribution in [0.1, 0.15) is 16.2 Å². The van der Waals surface area contributed by atoms with Crippen molar-refractivity contribution in [2.45, 2.75) is 6.54 Å². The van der Waals surface area contributed by atoms with Gasteiger partial charge in [0.05, 0.1) is 18.6 Å². The number of hydrogen-bond donors (Lipinski definition) is 1. The van der Waals surface area contributed by atoms with Crippen molar-refractivity contribution in [1.82, 2.24) is 5.32 Å². The molecule has 1 aromatic carbocycles. The molecule has 0 aliphatic carbocycles. The Labute approximate surface area is 143 Å². The molecule has 0 aliphatic heterocycles. The molecule has 6 heteroatoms. The predicted molar refractivity (Wildman–Crippen MR) is 91.0 cm³/mol. The first-order chi connectivity index (χ1) is 12.2. The fourth-order valence-electron chi connectivity index (χ4n) is 2.71. The molecule has 0 aliphatic rings. The van der Waals surface area contributed by atoms with Gasteiger partial charge in [-0.3, -0.25) is 4.79 Å². The lowest BCUT2D eigenvalue weighted by Gasteiger charge is -1.98. The van der Waals surface area contributed by atoms with E-state index in [0.29, 0.717) is 12.3 Å². The van der Waals surface area contributed by atoms with Gasteiger partial charge in [-0.25, -0.2) is 4.98 Å². The molecule has 0 unspecified atom stereocenters. The van der Waals surface area contributed by atoms with Crippen LogP contribution in [-0.2, 0) is 6.54 Å². The fourth-order valence-corrected chi connectivity index (χ4v) is 2.71. The molecular formula is C19H17N3O3+2. The van der Waals surface area contributed by atoms with Gasteiger partial charge in [0.25, 0.3) is 5.91 Å². The maximum Gasteiger partial charge on any atom is 0.379 e. The van der Waals surface area contributed by atoms with E-state index in [1.807, 2.05) is 48.7 Å². The number of fused-ring (bicyclic) bond motifs is 2. The number of amides is 1. The molecule has 3 aromatic heterocycles. The number of carbonyl (C=O) groups excluding carboxylic acids is 1. The minimum absolute atomic E-state index is 0.261. The Morgan fingerprint density at radius 2 is 2.08 bits per heavy atom. The van der Waals surface area contributed by atoms with E-state index in [-0.39, 0.29) is 11.7 Å². The highest BCUT2D eigenvalue weighted by Gasteiger charge is 2.18. The van der Waals surface area contributed by atoms with Gasteiger partial charge in [-0.2, -0.15) is 4.98 Å². The molecule has 124 valence electrons. The number of aromatic nitrogens is 2. The van der Waals surface area contributed by atoms with E-state index in [1.165, 1.54) is 0 Å². The van der Waals surface area contributed by atoms with Gasteiger partial charge < -0.3 is 14.5 Å². The second-order valence-electron chi connectivity index (χ2n) is 5.69. The quantitative estimate of drug-likeness (QED) is 0.620. The largest absolute Gasteiger partial charge is 0.497 e. The van der Waals surface area contributed by atoms with Gasteiger partial charge in [-0.05, 0) is 18.2 Å². The Balaban J connectivity index is 1.61. The standard InChI is InChI=1S/C19H15N3O3/c1-24-15-6-5-12-8-13-9-17(25-19(13)22-16(12)10-15)18(23)21-11-14-4-2-3-7-20-14/h2-10H,11H2,1H3,(H,21,23)/p+2. The van der Waals surface area contributed by atoms with Gasteiger partial charge in [0.15, 0.2) is 17.7 Å². The number of rotatable bonds is 4. The summed E-state index contributed by atoms with van der Waals surface area (Å²) in [4.78, 5) is 18.6. The Hall–Kier alpha value is -3.41. The third kappa shape index (κ3) is 3.01. The van der Waals surface area contributed by atoms with Crippen LogP contribution in [0.25, 0.3) is 22.0 Å². The fraction of sp³-hybridized carbons (Fsp3) is 0.105. The van der Waals surface area contributed by atoms with Crippen molar-refractivity contribution >= 4 is 27.9 Å². The number of hydrogen-bond acceptors (Lipinski definition) is 3. The second-order valence-corrected chi connectivity index (χ2v) is 5.69. The van der Waals surface area contributed by atoms with Crippen molar-refractivity contribution in [3.8, 4) is 5.75 Å². The summed E-state index contributed by atoms with van der Waals surface area (Å²) >= 11 is 0. The van der Waals surface area contributed by atoms with E-state index in [0.717, 1.165) is 27.7 Å². The maximum atomic E-state index is 12.3. The van der Waals surface area contributed by atoms with Crippen molar-refractivity contribution in [2.24, 2.45) is 0 Å². The summed E-state index contributed by atoms with van der Waals surface area (Å²) in [5, 5.41) is 4.69. The minimum Gasteiger partial charge on any atom is -0.497 e. The highest BCUT2D eigenvalue weighted by Crippen LogP contribution is 2.23. The molecule has 0 bridgehead atoms. The maximum absolute atomic E-state index is 12.3. The third-order valence-corrected chi connectivity index (χ3v) is 4.02. The molecule has 1 amide bonds. The van der Waals surface area contributed by atoms with E-state index in [9.17, 15) is 4.79 Å². The number of carbonyl (C=O) groups is 1. The summed E-state index contributed by atoms with van der Waals surface area (Å²) in [7, 11) is 1.62. The van der Waals surface area contributed by atoms with Crippen molar-refractivity contribution < 1.29 is 23.9 Å². The summed E-state index contributed by atoms with van der Waals surface area (Å²) < 4.78 is 10.9. The molecule has 3 N–H and O–H groups in total. The lowest BCUT2D eigenvalue weighted by atomic mass is 10.2. The Bertz CT molecular complexity index is 1060. The van der Waals surface area contributed by atoms with Crippen LogP contribution in [0.4, 0.5) is 0 Å². The third-order valence-electron chi connectivity index (χ3n) is 4.02. The predicted octanol–water partition coefficient (Wildman–Crippen LogP) is 2.15. The van der Waals surface area contributed by atoms with Gasteiger partial charge in [-0.1, -0.05) is 6.07 Å². The molecule has 25 heavy (non-hydrogen) atoms. The average molecular weight is 335 g/mol. The van der Waals surface area contributed by atoms with Gasteiger partial charge >= 0.3 is 5.71 Å². The first-order valence-electron chi connectivity index (χ1n) is 7.90. The Morgan fingerprint density at radius 1 is 1.16 bits per heavy atom. The molecule has 0 fully saturated rings. The lowest BCUT2D eigenvalue weighted by Crippen LogP contribution is -2.26. The lowest BCUT2D eigenvalue weighted by molar-refractivity contribution is -0.390. The second kappa shape index (κ2) is 6.24. The molecule has 0 spiro atoms. The van der Waals surface area contributed by atoms with E-state index in [4.69, 9.17) is 9.15 Å². The molecule has 4 aromatic rings. The van der Waals surface area contributed by atoms with Gasteiger partial charge in [-0.15, -0.1) is 0 Å². The first kappa shape index (κ1) is 15.1. The van der Waals surface area contributed by atoms with Crippen molar-refractivity contribution in [1.29, 1.82) is 0 Å². The molecule has 0 saturated carbocycles. The number of nitrogens with one attached hydrogen (secondary N) is 3. The van der Waals surface area contributed by atoms with Crippen LogP contribution < -0.4 is 20.0 Å². The van der Waals surface area contributed by atoms with Crippen LogP contribution in [0.2, 0.25) is 0 Å². The summed E-state index contributed by atoms with van der Waals surface area (Å²) in [5.74, 6) is 0.764. The van der Waals surface area contributed by atoms with Gasteiger partial charge in [0, 0.05) is 23.6 Å². The first-order valence-corrected chi connectivity index (χ1v) is 7.90. The zero-order valence-electron chi connectivity index (χ0n) is 13.6. The van der Waals surface area contributed by atoms with Crippen LogP contribution in [0.3, 0.4) is 0 Å². The smallest absolute Gasteiger partial charge is 0.379 e. The van der Waals surface area contributed by atoms with Gasteiger partial charge in [0.2, 0.25) is 5.52 Å². The van der Waals surface area contributed by atoms with Crippen LogP contribution >= 0.6 is 0 Å². The molecular weight excluding hydrogens is 318 g/mol. The highest BCUT2D eigenvalue weighted by molar-refractivity contribution is 5.96. The molecule has 0 saturated heterocycles. The summed E-state index contributed by atoms with van der Waals surface area (Å²) in [6, 6.07) is 15.2. The van der Waals surface area contributed by atoms with Crippen molar-refractivity contribution in [2.75, 3.05) is 7.11 Å². The molecule has 3 heterocycles. The van der Waals surface area contributed by atoms with Crippen molar-refractivity contribution in [3.63, 3.8) is 0 Å². The van der Waals surface area contributed by atoms with Crippen LogP contribution in [0, 0.1) is 0 Å². The van der Waals surface area contributed by atoms with Gasteiger partial charge in [0.1, 0.15) is 12.3 Å². The zero-order valence-corrected chi connectivity index (χ0v) is 13.6. The minimum atomic E-state index is -0.261. The van der Waals surface area contributed by atoms with E-state index < -0.39 is 0 Å². The average Bonchev–Trinajstić information content (AvgIpc) is 3.07. The highest BCUT2D eigenvalue weighted by atomic mass is 16.5. The van der Waals surface area contributed by atoms with E-state index in [1.54, 1.807) is 13.2 Å². The monoisotopic (exact) mass is 335 g/mol. The Morgan fingerprint density at radius 3 is 2.88 bits per heavy atom. The SMILES string of the molecule is COc1ccc2cc3cc(C(=O)NCc4cccc[nH+]4)oc3[nH+]c2c1.